The maximum absolute atomic E-state index is 5.44. The average molecular weight is 233 g/mol. The fourth-order valence-electron chi connectivity index (χ4n) is 1.26. The minimum absolute atomic E-state index is 0.691. The Morgan fingerprint density at radius 1 is 0.812 bits per heavy atom. The van der Waals surface area contributed by atoms with Crippen LogP contribution in [0.25, 0.3) is 0 Å². The Bertz CT molecular complexity index is 109. The average Bonchev–Trinajstić information content (AvgIpc) is 2.31. The van der Waals surface area contributed by atoms with Gasteiger partial charge in [0.2, 0.25) is 0 Å². The molecular formula is C12H27NO3. The van der Waals surface area contributed by atoms with Crippen LogP contribution in [0.1, 0.15) is 26.2 Å². The molecule has 0 aromatic carbocycles. The van der Waals surface area contributed by atoms with E-state index >= 15 is 0 Å². The van der Waals surface area contributed by atoms with Gasteiger partial charge in [0.1, 0.15) is 0 Å². The number of unbranched alkanes of at least 4 members (excludes halogenated alkanes) is 1. The van der Waals surface area contributed by atoms with Crippen LogP contribution in [0.2, 0.25) is 0 Å². The Morgan fingerprint density at radius 3 is 2.12 bits per heavy atom. The molecule has 4 heteroatoms. The van der Waals surface area contributed by atoms with Crippen molar-refractivity contribution in [3.05, 3.63) is 0 Å². The van der Waals surface area contributed by atoms with Gasteiger partial charge in [-0.3, -0.25) is 0 Å². The molecule has 0 aliphatic rings. The molecule has 0 amide bonds. The fourth-order valence-corrected chi connectivity index (χ4v) is 1.26. The van der Waals surface area contributed by atoms with E-state index in [0.29, 0.717) is 13.2 Å². The highest BCUT2D eigenvalue weighted by molar-refractivity contribution is 4.44. The van der Waals surface area contributed by atoms with Crippen molar-refractivity contribution >= 4 is 0 Å². The molecule has 0 bridgehead atoms. The lowest BCUT2D eigenvalue weighted by atomic mass is 10.3. The number of nitrogens with one attached hydrogen (secondary N) is 1. The quantitative estimate of drug-likeness (QED) is 0.489. The molecule has 0 spiro atoms. The van der Waals surface area contributed by atoms with E-state index in [2.05, 4.69) is 12.2 Å². The summed E-state index contributed by atoms with van der Waals surface area (Å²) in [6.07, 6.45) is 3.26. The minimum Gasteiger partial charge on any atom is -0.385 e. The van der Waals surface area contributed by atoms with Crippen molar-refractivity contribution in [1.29, 1.82) is 0 Å². The third-order valence-corrected chi connectivity index (χ3v) is 2.15. The van der Waals surface area contributed by atoms with Crippen LogP contribution in [0.15, 0.2) is 0 Å². The van der Waals surface area contributed by atoms with Gasteiger partial charge in [0, 0.05) is 26.9 Å². The summed E-state index contributed by atoms with van der Waals surface area (Å²) in [5.74, 6) is 0. The first-order chi connectivity index (χ1) is 7.91. The fraction of sp³-hybridized carbons (Fsp3) is 1.00. The lowest BCUT2D eigenvalue weighted by molar-refractivity contribution is 0.0388. The van der Waals surface area contributed by atoms with E-state index in [4.69, 9.17) is 14.2 Å². The van der Waals surface area contributed by atoms with Crippen molar-refractivity contribution in [2.24, 2.45) is 0 Å². The molecule has 0 heterocycles. The number of methoxy groups -OCH3 is 1. The Hall–Kier alpha value is -0.160. The van der Waals surface area contributed by atoms with E-state index < -0.39 is 0 Å². The van der Waals surface area contributed by atoms with Gasteiger partial charge in [-0.15, -0.1) is 0 Å². The monoisotopic (exact) mass is 233 g/mol. The summed E-state index contributed by atoms with van der Waals surface area (Å²) in [7, 11) is 1.70. The highest BCUT2D eigenvalue weighted by Gasteiger charge is 1.91. The topological polar surface area (TPSA) is 39.7 Å². The van der Waals surface area contributed by atoms with Crippen molar-refractivity contribution in [3.8, 4) is 0 Å². The van der Waals surface area contributed by atoms with Gasteiger partial charge in [-0.1, -0.05) is 6.92 Å². The van der Waals surface area contributed by atoms with Crippen molar-refractivity contribution in [2.45, 2.75) is 26.2 Å². The summed E-state index contributed by atoms with van der Waals surface area (Å²) in [6, 6.07) is 0. The van der Waals surface area contributed by atoms with Gasteiger partial charge in [-0.25, -0.2) is 0 Å². The second-order valence-electron chi connectivity index (χ2n) is 3.63. The summed E-state index contributed by atoms with van der Waals surface area (Å²) in [5, 5.41) is 3.29. The molecule has 16 heavy (non-hydrogen) atoms. The van der Waals surface area contributed by atoms with Gasteiger partial charge in [-0.2, -0.15) is 0 Å². The zero-order valence-electron chi connectivity index (χ0n) is 10.8. The van der Waals surface area contributed by atoms with E-state index in [9.17, 15) is 0 Å². The van der Waals surface area contributed by atoms with Crippen molar-refractivity contribution < 1.29 is 14.2 Å². The number of hydrogen-bond donors (Lipinski definition) is 1. The van der Waals surface area contributed by atoms with Crippen molar-refractivity contribution in [1.82, 2.24) is 5.32 Å². The normalized spacial score (nSPS) is 10.9. The third kappa shape index (κ3) is 13.8. The van der Waals surface area contributed by atoms with Gasteiger partial charge < -0.3 is 19.5 Å². The second-order valence-corrected chi connectivity index (χ2v) is 3.63. The molecule has 1 N–H and O–H groups in total. The second kappa shape index (κ2) is 14.8. The Balaban J connectivity index is 2.83. The van der Waals surface area contributed by atoms with Crippen LogP contribution in [0, 0.1) is 0 Å². The maximum atomic E-state index is 5.44. The Morgan fingerprint density at radius 2 is 1.50 bits per heavy atom. The predicted octanol–water partition coefficient (Wildman–Crippen LogP) is 1.45. The molecule has 98 valence electrons. The van der Waals surface area contributed by atoms with Crippen molar-refractivity contribution in [2.75, 3.05) is 53.2 Å². The molecule has 0 unspecified atom stereocenters. The molecule has 0 saturated carbocycles. The van der Waals surface area contributed by atoms with Crippen molar-refractivity contribution in [3.63, 3.8) is 0 Å². The molecule has 0 radical (unpaired) electrons. The number of rotatable bonds is 13. The number of hydrogen-bond acceptors (Lipinski definition) is 4. The van der Waals surface area contributed by atoms with Crippen LogP contribution in [0.3, 0.4) is 0 Å². The van der Waals surface area contributed by atoms with Gasteiger partial charge in [0.05, 0.1) is 13.2 Å². The van der Waals surface area contributed by atoms with Crippen LogP contribution in [-0.2, 0) is 14.2 Å². The molecular weight excluding hydrogens is 206 g/mol. The molecule has 0 aromatic rings. The molecule has 0 aliphatic heterocycles. The maximum Gasteiger partial charge on any atom is 0.0700 e. The van der Waals surface area contributed by atoms with E-state index in [-0.39, 0.29) is 0 Å². The molecule has 0 atom stereocenters. The largest absolute Gasteiger partial charge is 0.385 e. The van der Waals surface area contributed by atoms with Gasteiger partial charge >= 0.3 is 0 Å². The van der Waals surface area contributed by atoms with Gasteiger partial charge in [0.15, 0.2) is 0 Å². The summed E-state index contributed by atoms with van der Waals surface area (Å²) >= 11 is 0. The molecule has 0 fully saturated rings. The van der Waals surface area contributed by atoms with E-state index in [1.54, 1.807) is 7.11 Å². The van der Waals surface area contributed by atoms with Crippen LogP contribution >= 0.6 is 0 Å². The standard InChI is InChI=1S/C12H27NO3/c1-3-13-7-4-5-9-15-11-12-16-10-6-8-14-2/h13H,3-12H2,1-2H3. The summed E-state index contributed by atoms with van der Waals surface area (Å²) in [5.41, 5.74) is 0. The van der Waals surface area contributed by atoms with Crippen LogP contribution in [-0.4, -0.2) is 53.2 Å². The number of ether oxygens (including phenoxy) is 3. The predicted molar refractivity (Wildman–Crippen MR) is 65.9 cm³/mol. The van der Waals surface area contributed by atoms with E-state index in [0.717, 1.165) is 45.8 Å². The summed E-state index contributed by atoms with van der Waals surface area (Å²) in [4.78, 5) is 0. The first-order valence-electron chi connectivity index (χ1n) is 6.27. The Kier molecular flexibility index (Phi) is 14.7. The zero-order valence-corrected chi connectivity index (χ0v) is 10.8. The Labute approximate surface area is 99.6 Å². The molecule has 0 aliphatic carbocycles. The van der Waals surface area contributed by atoms with Crippen LogP contribution < -0.4 is 5.32 Å². The van der Waals surface area contributed by atoms with Crippen LogP contribution in [0.4, 0.5) is 0 Å². The smallest absolute Gasteiger partial charge is 0.0700 e. The van der Waals surface area contributed by atoms with Gasteiger partial charge in [0.25, 0.3) is 0 Å². The zero-order chi connectivity index (χ0) is 11.9. The third-order valence-electron chi connectivity index (χ3n) is 2.15. The SMILES string of the molecule is CCNCCCCOCCOCCCOC. The molecule has 0 saturated heterocycles. The minimum atomic E-state index is 0.691. The lowest BCUT2D eigenvalue weighted by Crippen LogP contribution is -2.14. The lowest BCUT2D eigenvalue weighted by Gasteiger charge is -2.05. The van der Waals surface area contributed by atoms with E-state index in [1.807, 2.05) is 0 Å². The highest BCUT2D eigenvalue weighted by atomic mass is 16.5. The first-order valence-corrected chi connectivity index (χ1v) is 6.27. The van der Waals surface area contributed by atoms with Gasteiger partial charge in [-0.05, 0) is 32.4 Å². The molecule has 4 nitrogen and oxygen atoms in total. The summed E-state index contributed by atoms with van der Waals surface area (Å²) < 4.78 is 15.7. The molecule has 0 rings (SSSR count). The first kappa shape index (κ1) is 15.8. The van der Waals surface area contributed by atoms with E-state index in [1.165, 1.54) is 6.42 Å². The summed E-state index contributed by atoms with van der Waals surface area (Å²) in [6.45, 7) is 8.03. The van der Waals surface area contributed by atoms with Crippen LogP contribution in [0.5, 0.6) is 0 Å². The highest BCUT2D eigenvalue weighted by Crippen LogP contribution is 1.89. The molecule has 0 aromatic heterocycles.